The zero-order valence-electron chi connectivity index (χ0n) is 11.8. The number of benzene rings is 2. The fourth-order valence-electron chi connectivity index (χ4n) is 2.18. The van der Waals surface area contributed by atoms with E-state index >= 15 is 0 Å². The van der Waals surface area contributed by atoms with Crippen molar-refractivity contribution in [2.75, 3.05) is 13.1 Å². The van der Waals surface area contributed by atoms with E-state index in [1.54, 1.807) is 6.07 Å². The first-order valence-electron chi connectivity index (χ1n) is 6.79. The molecule has 108 valence electrons. The second-order valence-electron chi connectivity index (χ2n) is 4.85. The van der Waals surface area contributed by atoms with Gasteiger partial charge in [-0.25, -0.2) is 0 Å². The third-order valence-electron chi connectivity index (χ3n) is 3.33. The van der Waals surface area contributed by atoms with Crippen LogP contribution in [-0.2, 0) is 12.8 Å². The number of phenolic OH excluding ortho intramolecular Hbond substituents is 1. The zero-order valence-corrected chi connectivity index (χ0v) is 13.5. The van der Waals surface area contributed by atoms with E-state index in [1.807, 2.05) is 18.2 Å². The maximum atomic E-state index is 9.37. The molecule has 0 atom stereocenters. The Bertz CT molecular complexity index is 528. The third-order valence-corrected chi connectivity index (χ3v) is 3.33. The largest absolute Gasteiger partial charge is 0.508 e. The Morgan fingerprint density at radius 3 is 2.45 bits per heavy atom. The van der Waals surface area contributed by atoms with Crippen molar-refractivity contribution < 1.29 is 5.11 Å². The molecule has 2 aromatic rings. The molecule has 2 aromatic carbocycles. The molecule has 0 saturated heterocycles. The Labute approximate surface area is 131 Å². The average Bonchev–Trinajstić information content (AvgIpc) is 2.40. The molecule has 2 N–H and O–H groups in total. The lowest BCUT2D eigenvalue weighted by Gasteiger charge is -2.07. The van der Waals surface area contributed by atoms with Gasteiger partial charge in [0.05, 0.1) is 0 Å². The fourth-order valence-corrected chi connectivity index (χ4v) is 2.18. The van der Waals surface area contributed by atoms with Crippen LogP contribution in [0.5, 0.6) is 5.75 Å². The van der Waals surface area contributed by atoms with Crippen LogP contribution in [0.1, 0.15) is 16.7 Å². The number of halogens is 1. The highest BCUT2D eigenvalue weighted by Gasteiger charge is 1.97. The highest BCUT2D eigenvalue weighted by Crippen LogP contribution is 2.11. The van der Waals surface area contributed by atoms with E-state index in [2.05, 4.69) is 36.5 Å². The van der Waals surface area contributed by atoms with Gasteiger partial charge >= 0.3 is 0 Å². The Hall–Kier alpha value is -1.32. The van der Waals surface area contributed by atoms with Crippen LogP contribution < -0.4 is 5.32 Å². The number of nitrogens with one attached hydrogen (secondary N) is 1. The molecule has 20 heavy (non-hydrogen) atoms. The molecule has 0 radical (unpaired) electrons. The molecule has 2 rings (SSSR count). The van der Waals surface area contributed by atoms with Crippen LogP contribution in [0.2, 0.25) is 0 Å². The summed E-state index contributed by atoms with van der Waals surface area (Å²) in [6.45, 7) is 4.08. The number of phenols is 1. The molecule has 3 heteroatoms. The second-order valence-corrected chi connectivity index (χ2v) is 4.85. The smallest absolute Gasteiger partial charge is 0.115 e. The highest BCUT2D eigenvalue weighted by molar-refractivity contribution is 8.93. The maximum Gasteiger partial charge on any atom is 0.115 e. The van der Waals surface area contributed by atoms with E-state index < -0.39 is 0 Å². The summed E-state index contributed by atoms with van der Waals surface area (Å²) in [4.78, 5) is 0. The van der Waals surface area contributed by atoms with Crippen LogP contribution in [0.25, 0.3) is 0 Å². The number of aromatic hydroxyl groups is 1. The van der Waals surface area contributed by atoms with E-state index in [9.17, 15) is 5.11 Å². The summed E-state index contributed by atoms with van der Waals surface area (Å²) in [7, 11) is 0. The topological polar surface area (TPSA) is 32.3 Å². The van der Waals surface area contributed by atoms with Gasteiger partial charge in [0.15, 0.2) is 0 Å². The minimum Gasteiger partial charge on any atom is -0.508 e. The van der Waals surface area contributed by atoms with E-state index in [1.165, 1.54) is 16.7 Å². The molecule has 0 aliphatic rings. The van der Waals surface area contributed by atoms with Gasteiger partial charge in [-0.3, -0.25) is 0 Å². The summed E-state index contributed by atoms with van der Waals surface area (Å²) in [5.41, 5.74) is 3.94. The Morgan fingerprint density at radius 1 is 0.950 bits per heavy atom. The quantitative estimate of drug-likeness (QED) is 0.789. The summed E-state index contributed by atoms with van der Waals surface area (Å²) >= 11 is 0. The number of aryl methyl sites for hydroxylation is 1. The monoisotopic (exact) mass is 335 g/mol. The van der Waals surface area contributed by atoms with Gasteiger partial charge in [0.1, 0.15) is 5.75 Å². The predicted molar refractivity (Wildman–Crippen MR) is 89.9 cm³/mol. The minimum absolute atomic E-state index is 0. The molecule has 0 aliphatic carbocycles. The number of hydrogen-bond acceptors (Lipinski definition) is 2. The van der Waals surface area contributed by atoms with Gasteiger partial charge < -0.3 is 10.4 Å². The van der Waals surface area contributed by atoms with Crippen molar-refractivity contribution in [3.05, 3.63) is 65.2 Å². The molecule has 0 amide bonds. The molecule has 2 nitrogen and oxygen atoms in total. The third kappa shape index (κ3) is 5.35. The summed E-state index contributed by atoms with van der Waals surface area (Å²) in [5.74, 6) is 0.345. The first-order chi connectivity index (χ1) is 9.25. The summed E-state index contributed by atoms with van der Waals surface area (Å²) in [5, 5.41) is 12.8. The summed E-state index contributed by atoms with van der Waals surface area (Å²) < 4.78 is 0. The maximum absolute atomic E-state index is 9.37. The van der Waals surface area contributed by atoms with E-state index in [4.69, 9.17) is 0 Å². The van der Waals surface area contributed by atoms with E-state index in [0.29, 0.717) is 5.75 Å². The highest BCUT2D eigenvalue weighted by atomic mass is 79.9. The van der Waals surface area contributed by atoms with Crippen molar-refractivity contribution in [3.8, 4) is 5.75 Å². The van der Waals surface area contributed by atoms with Crippen LogP contribution in [0.3, 0.4) is 0 Å². The Balaban J connectivity index is 0.00000200. The molecule has 0 aliphatic heterocycles. The molecule has 0 unspecified atom stereocenters. The van der Waals surface area contributed by atoms with Gasteiger partial charge in [0, 0.05) is 0 Å². The lowest BCUT2D eigenvalue weighted by Crippen LogP contribution is -2.20. The Kier molecular flexibility index (Phi) is 7.34. The summed E-state index contributed by atoms with van der Waals surface area (Å²) in [6, 6.07) is 16.0. The van der Waals surface area contributed by atoms with Gasteiger partial charge in [-0.2, -0.15) is 0 Å². The molecule has 0 bridgehead atoms. The normalized spacial score (nSPS) is 10.1. The van der Waals surface area contributed by atoms with Crippen molar-refractivity contribution in [1.82, 2.24) is 5.32 Å². The van der Waals surface area contributed by atoms with Gasteiger partial charge in [-0.1, -0.05) is 36.4 Å². The molecule has 0 spiro atoms. The lowest BCUT2D eigenvalue weighted by atomic mass is 10.1. The van der Waals surface area contributed by atoms with Gasteiger partial charge in [-0.15, -0.1) is 17.0 Å². The number of hydrogen-bond donors (Lipinski definition) is 2. The van der Waals surface area contributed by atoms with Crippen molar-refractivity contribution in [3.63, 3.8) is 0 Å². The van der Waals surface area contributed by atoms with Crippen molar-refractivity contribution in [2.45, 2.75) is 19.8 Å². The fraction of sp³-hybridized carbons (Fsp3) is 0.294. The summed E-state index contributed by atoms with van der Waals surface area (Å²) in [6.07, 6.45) is 2.01. The van der Waals surface area contributed by atoms with Crippen LogP contribution in [0.15, 0.2) is 48.5 Å². The van der Waals surface area contributed by atoms with Gasteiger partial charge in [-0.05, 0) is 61.7 Å². The molecule has 0 fully saturated rings. The average molecular weight is 336 g/mol. The zero-order chi connectivity index (χ0) is 13.5. The number of rotatable bonds is 6. The molecule has 0 saturated carbocycles. The molecular weight excluding hydrogens is 314 g/mol. The SMILES string of the molecule is Br.Cc1ccccc1CCNCCc1cccc(O)c1. The Morgan fingerprint density at radius 2 is 1.70 bits per heavy atom. The van der Waals surface area contributed by atoms with E-state index in [-0.39, 0.29) is 17.0 Å². The van der Waals surface area contributed by atoms with Crippen LogP contribution in [0, 0.1) is 6.92 Å². The van der Waals surface area contributed by atoms with Crippen LogP contribution in [0.4, 0.5) is 0 Å². The lowest BCUT2D eigenvalue weighted by molar-refractivity contribution is 0.474. The van der Waals surface area contributed by atoms with Crippen LogP contribution >= 0.6 is 17.0 Å². The van der Waals surface area contributed by atoms with Crippen molar-refractivity contribution in [2.24, 2.45) is 0 Å². The van der Waals surface area contributed by atoms with Gasteiger partial charge in [0.2, 0.25) is 0 Å². The van der Waals surface area contributed by atoms with Crippen molar-refractivity contribution in [1.29, 1.82) is 0 Å². The van der Waals surface area contributed by atoms with Crippen molar-refractivity contribution >= 4 is 17.0 Å². The predicted octanol–water partition coefficient (Wildman–Crippen LogP) is 3.65. The minimum atomic E-state index is 0. The molecule has 0 heterocycles. The molecule has 0 aromatic heterocycles. The van der Waals surface area contributed by atoms with Gasteiger partial charge in [0.25, 0.3) is 0 Å². The first-order valence-corrected chi connectivity index (χ1v) is 6.79. The van der Waals surface area contributed by atoms with Crippen LogP contribution in [-0.4, -0.2) is 18.2 Å². The standard InChI is InChI=1S/C17H21NO.BrH/c1-14-5-2-3-7-16(14)10-12-18-11-9-15-6-4-8-17(19)13-15;/h2-8,13,18-19H,9-12H2,1H3;1H. The van der Waals surface area contributed by atoms with E-state index in [0.717, 1.165) is 25.9 Å². The molecular formula is C17H22BrNO. The second kappa shape index (κ2) is 8.77. The first kappa shape index (κ1) is 16.7.